The molecule has 0 spiro atoms. The largest absolute Gasteiger partial charge is 0.396 e. The van der Waals surface area contributed by atoms with E-state index in [0.29, 0.717) is 19.8 Å². The van der Waals surface area contributed by atoms with Crippen LogP contribution >= 0.6 is 0 Å². The number of amides is 1. The molecule has 1 amide bonds. The van der Waals surface area contributed by atoms with Gasteiger partial charge in [0.25, 0.3) is 0 Å². The maximum Gasteiger partial charge on any atom is 0.245 e. The number of aliphatic hydroxyl groups is 1. The summed E-state index contributed by atoms with van der Waals surface area (Å²) in [5.41, 5.74) is -0.225. The van der Waals surface area contributed by atoms with Crippen LogP contribution in [0.5, 0.6) is 0 Å². The lowest BCUT2D eigenvalue weighted by Gasteiger charge is -2.39. The van der Waals surface area contributed by atoms with Crippen LogP contribution in [0.3, 0.4) is 0 Å². The Kier molecular flexibility index (Phi) is 4.77. The number of aliphatic hydroxyl groups excluding tert-OH is 1. The van der Waals surface area contributed by atoms with Crippen molar-refractivity contribution in [1.29, 1.82) is 0 Å². The normalized spacial score (nSPS) is 19.6. The first kappa shape index (κ1) is 15.0. The van der Waals surface area contributed by atoms with Crippen molar-refractivity contribution in [2.45, 2.75) is 25.8 Å². The average Bonchev–Trinajstić information content (AvgIpc) is 3.00. The van der Waals surface area contributed by atoms with Crippen molar-refractivity contribution >= 4 is 5.91 Å². The molecule has 0 unspecified atom stereocenters. The monoisotopic (exact) mass is 281 g/mol. The Balaban J connectivity index is 1.99. The van der Waals surface area contributed by atoms with E-state index in [1.165, 1.54) is 0 Å². The van der Waals surface area contributed by atoms with Crippen LogP contribution in [0.4, 0.5) is 0 Å². The minimum Gasteiger partial charge on any atom is -0.396 e. The van der Waals surface area contributed by atoms with Crippen molar-refractivity contribution in [3.63, 3.8) is 0 Å². The number of likely N-dealkylation sites (N-methyl/N-ethyl adjacent to an activating group) is 1. The summed E-state index contributed by atoms with van der Waals surface area (Å²) in [5.74, 6) is 0.0299. The second-order valence-electron chi connectivity index (χ2n) is 5.65. The molecule has 112 valence electrons. The Morgan fingerprint density at radius 2 is 2.25 bits per heavy atom. The molecule has 6 heteroatoms. The number of carbonyl (C=O) groups is 1. The molecule has 0 saturated carbocycles. The molecule has 1 saturated heterocycles. The summed E-state index contributed by atoms with van der Waals surface area (Å²) in [6, 6.07) is -0.280. The number of nitrogens with zero attached hydrogens (tertiary/aromatic N) is 3. The van der Waals surface area contributed by atoms with E-state index >= 15 is 0 Å². The Morgan fingerprint density at radius 3 is 2.80 bits per heavy atom. The highest BCUT2D eigenvalue weighted by atomic mass is 16.5. The van der Waals surface area contributed by atoms with Crippen LogP contribution in [-0.4, -0.2) is 58.9 Å². The predicted octanol–water partition coefficient (Wildman–Crippen LogP) is 0.692. The first-order valence-corrected chi connectivity index (χ1v) is 6.99. The number of rotatable bonds is 5. The Bertz CT molecular complexity index is 427. The number of carbonyl (C=O) groups excluding carboxylic acids is 1. The lowest BCUT2D eigenvalue weighted by Crippen LogP contribution is -2.46. The number of hydrogen-bond donors (Lipinski definition) is 1. The zero-order valence-electron chi connectivity index (χ0n) is 12.2. The van der Waals surface area contributed by atoms with E-state index in [1.807, 2.05) is 6.92 Å². The fourth-order valence-electron chi connectivity index (χ4n) is 2.70. The van der Waals surface area contributed by atoms with Gasteiger partial charge in [-0.25, -0.2) is 4.98 Å². The molecule has 0 aromatic carbocycles. The molecular formula is C14H23N3O3. The Hall–Kier alpha value is -1.40. The van der Waals surface area contributed by atoms with E-state index in [0.717, 1.165) is 12.8 Å². The minimum atomic E-state index is -0.280. The molecule has 0 radical (unpaired) electrons. The third kappa shape index (κ3) is 3.19. The molecule has 20 heavy (non-hydrogen) atoms. The van der Waals surface area contributed by atoms with Crippen molar-refractivity contribution < 1.29 is 14.6 Å². The van der Waals surface area contributed by atoms with Gasteiger partial charge in [-0.3, -0.25) is 4.79 Å². The quantitative estimate of drug-likeness (QED) is 0.862. The molecular weight excluding hydrogens is 258 g/mol. The second-order valence-corrected chi connectivity index (χ2v) is 5.65. The first-order valence-electron chi connectivity index (χ1n) is 6.99. The van der Waals surface area contributed by atoms with E-state index in [4.69, 9.17) is 4.74 Å². The predicted molar refractivity (Wildman–Crippen MR) is 74.1 cm³/mol. The van der Waals surface area contributed by atoms with Crippen molar-refractivity contribution in [1.82, 2.24) is 14.5 Å². The van der Waals surface area contributed by atoms with Gasteiger partial charge >= 0.3 is 0 Å². The van der Waals surface area contributed by atoms with Gasteiger partial charge in [0.15, 0.2) is 0 Å². The van der Waals surface area contributed by atoms with Gasteiger partial charge < -0.3 is 19.3 Å². The van der Waals surface area contributed by atoms with Gasteiger partial charge in [0, 0.05) is 44.6 Å². The van der Waals surface area contributed by atoms with Crippen molar-refractivity contribution in [3.8, 4) is 0 Å². The summed E-state index contributed by atoms with van der Waals surface area (Å²) in [5, 5.41) is 9.69. The van der Waals surface area contributed by atoms with Crippen molar-refractivity contribution in [2.75, 3.05) is 33.4 Å². The maximum absolute atomic E-state index is 12.4. The van der Waals surface area contributed by atoms with Crippen LogP contribution in [-0.2, 0) is 9.53 Å². The van der Waals surface area contributed by atoms with Gasteiger partial charge in [-0.1, -0.05) is 0 Å². The van der Waals surface area contributed by atoms with Crippen molar-refractivity contribution in [3.05, 3.63) is 18.7 Å². The molecule has 1 aliphatic heterocycles. The molecule has 0 bridgehead atoms. The van der Waals surface area contributed by atoms with E-state index in [-0.39, 0.29) is 24.0 Å². The summed E-state index contributed by atoms with van der Waals surface area (Å²) in [6.45, 7) is 3.81. The van der Waals surface area contributed by atoms with Crippen LogP contribution in [0.25, 0.3) is 0 Å². The molecule has 2 rings (SSSR count). The number of hydrogen-bond acceptors (Lipinski definition) is 4. The number of imidazole rings is 1. The molecule has 1 fully saturated rings. The second kappa shape index (κ2) is 6.37. The smallest absolute Gasteiger partial charge is 0.245 e. The maximum atomic E-state index is 12.4. The van der Waals surface area contributed by atoms with E-state index < -0.39 is 0 Å². The molecule has 1 aromatic rings. The van der Waals surface area contributed by atoms with Crippen LogP contribution < -0.4 is 0 Å². The molecule has 1 aromatic heterocycles. The number of aromatic nitrogens is 2. The molecule has 0 aliphatic carbocycles. The molecule has 1 N–H and O–H groups in total. The molecule has 2 heterocycles. The lowest BCUT2D eigenvalue weighted by atomic mass is 9.80. The van der Waals surface area contributed by atoms with Crippen LogP contribution in [0.1, 0.15) is 25.8 Å². The summed E-state index contributed by atoms with van der Waals surface area (Å²) in [7, 11) is 1.79. The van der Waals surface area contributed by atoms with E-state index in [9.17, 15) is 9.90 Å². The van der Waals surface area contributed by atoms with Gasteiger partial charge in [0.05, 0.1) is 12.9 Å². The van der Waals surface area contributed by atoms with Gasteiger partial charge in [-0.15, -0.1) is 0 Å². The third-order valence-corrected chi connectivity index (χ3v) is 4.17. The fraction of sp³-hybridized carbons (Fsp3) is 0.714. The zero-order valence-corrected chi connectivity index (χ0v) is 12.2. The van der Waals surface area contributed by atoms with Gasteiger partial charge in [0.1, 0.15) is 6.04 Å². The Morgan fingerprint density at radius 1 is 1.55 bits per heavy atom. The third-order valence-electron chi connectivity index (χ3n) is 4.17. The summed E-state index contributed by atoms with van der Waals surface area (Å²) < 4.78 is 7.13. The summed E-state index contributed by atoms with van der Waals surface area (Å²) >= 11 is 0. The Labute approximate surface area is 119 Å². The minimum absolute atomic E-state index is 0.0299. The lowest BCUT2D eigenvalue weighted by molar-refractivity contribution is -0.136. The fourth-order valence-corrected chi connectivity index (χ4v) is 2.70. The standard InChI is InChI=1S/C14H23N3O3/c1-12(17-6-5-15-11-17)13(19)16(2)9-14(10-18)3-7-20-8-4-14/h5-6,11-12,18H,3-4,7-10H2,1-2H3/t12-/m1/s1. The first-order chi connectivity index (χ1) is 9.58. The average molecular weight is 281 g/mol. The molecule has 1 atom stereocenters. The van der Waals surface area contributed by atoms with E-state index in [1.54, 1.807) is 35.2 Å². The van der Waals surface area contributed by atoms with Crippen LogP contribution in [0, 0.1) is 5.41 Å². The molecule has 6 nitrogen and oxygen atoms in total. The molecule has 1 aliphatic rings. The summed E-state index contributed by atoms with van der Waals surface area (Å²) in [4.78, 5) is 18.1. The SMILES string of the molecule is C[C@H](C(=O)N(C)CC1(CO)CCOCC1)n1ccnc1. The van der Waals surface area contributed by atoms with Gasteiger partial charge in [-0.05, 0) is 19.8 Å². The van der Waals surface area contributed by atoms with Crippen LogP contribution in [0.2, 0.25) is 0 Å². The highest BCUT2D eigenvalue weighted by Crippen LogP contribution is 2.31. The van der Waals surface area contributed by atoms with Crippen LogP contribution in [0.15, 0.2) is 18.7 Å². The van der Waals surface area contributed by atoms with Crippen molar-refractivity contribution in [2.24, 2.45) is 5.41 Å². The highest BCUT2D eigenvalue weighted by Gasteiger charge is 2.35. The van der Waals surface area contributed by atoms with Gasteiger partial charge in [-0.2, -0.15) is 0 Å². The highest BCUT2D eigenvalue weighted by molar-refractivity contribution is 5.79. The summed E-state index contributed by atoms with van der Waals surface area (Å²) in [6.07, 6.45) is 6.68. The van der Waals surface area contributed by atoms with Gasteiger partial charge in [0.2, 0.25) is 5.91 Å². The van der Waals surface area contributed by atoms with E-state index in [2.05, 4.69) is 4.98 Å². The zero-order chi connectivity index (χ0) is 14.6. The number of ether oxygens (including phenoxy) is 1. The topological polar surface area (TPSA) is 67.6 Å².